The molecule has 4 nitrogen and oxygen atoms in total. The largest absolute Gasteiger partial charge is 0.497 e. The highest BCUT2D eigenvalue weighted by Gasteiger charge is 2.76. The molecule has 0 fully saturated rings. The number of hydrogen-bond donors (Lipinski definition) is 0. The van der Waals surface area contributed by atoms with Crippen molar-refractivity contribution in [2.45, 2.75) is 30.1 Å². The topological polar surface area (TPSA) is 43.2 Å². The first-order valence-electron chi connectivity index (χ1n) is 7.07. The summed E-state index contributed by atoms with van der Waals surface area (Å²) in [5.41, 5.74) is -6.45. The molecule has 0 atom stereocenters. The lowest BCUT2D eigenvalue weighted by atomic mass is 10.1. The van der Waals surface area contributed by atoms with Gasteiger partial charge in [0.2, 0.25) is 5.90 Å². The summed E-state index contributed by atoms with van der Waals surface area (Å²) in [4.78, 5) is 3.82. The quantitative estimate of drug-likeness (QED) is 0.624. The summed E-state index contributed by atoms with van der Waals surface area (Å²) in [6.07, 6.45) is -19.7. The van der Waals surface area contributed by atoms with E-state index in [4.69, 9.17) is 0 Å². The van der Waals surface area contributed by atoms with Crippen molar-refractivity contribution in [3.63, 3.8) is 0 Å². The van der Waals surface area contributed by atoms with Crippen LogP contribution < -0.4 is 4.74 Å². The molecule has 1 aliphatic heterocycles. The van der Waals surface area contributed by atoms with E-state index in [1.807, 2.05) is 0 Å². The molecule has 0 unspecified atom stereocenters. The number of ether oxygens (including phenoxy) is 2. The second-order valence-corrected chi connectivity index (χ2v) is 5.41. The standard InChI is InChI=1S/C14H7F11N2O2/c1-28-7-4-2-3-6(5-7)8-26-11(13(20,21)22,14(23,24)25)27-9(29-8)10(15,16)12(17,18)19/h2-5H,1H3. The van der Waals surface area contributed by atoms with E-state index in [2.05, 4.69) is 14.5 Å². The Hall–Kier alpha value is -2.61. The van der Waals surface area contributed by atoms with E-state index >= 15 is 0 Å². The van der Waals surface area contributed by atoms with Crippen LogP contribution in [0.3, 0.4) is 0 Å². The normalized spacial score (nSPS) is 17.9. The van der Waals surface area contributed by atoms with Gasteiger partial charge < -0.3 is 9.47 Å². The van der Waals surface area contributed by atoms with Crippen LogP contribution in [0.2, 0.25) is 0 Å². The minimum atomic E-state index is -6.61. The molecule has 0 saturated carbocycles. The number of halogens is 11. The van der Waals surface area contributed by atoms with E-state index in [-0.39, 0.29) is 5.75 Å². The van der Waals surface area contributed by atoms with Gasteiger partial charge in [-0.05, 0) is 18.2 Å². The molecular formula is C14H7F11N2O2. The average molecular weight is 444 g/mol. The Morgan fingerprint density at radius 1 is 0.862 bits per heavy atom. The Bertz CT molecular complexity index is 823. The lowest BCUT2D eigenvalue weighted by molar-refractivity contribution is -0.296. The monoisotopic (exact) mass is 444 g/mol. The smallest absolute Gasteiger partial charge is 0.463 e. The van der Waals surface area contributed by atoms with Crippen molar-refractivity contribution in [1.29, 1.82) is 0 Å². The van der Waals surface area contributed by atoms with Crippen molar-refractivity contribution in [2.75, 3.05) is 7.11 Å². The van der Waals surface area contributed by atoms with Crippen LogP contribution in [0, 0.1) is 0 Å². The second kappa shape index (κ2) is 6.73. The third kappa shape index (κ3) is 3.81. The van der Waals surface area contributed by atoms with Gasteiger partial charge in [-0.2, -0.15) is 48.3 Å². The van der Waals surface area contributed by atoms with Gasteiger partial charge in [0, 0.05) is 5.56 Å². The summed E-state index contributed by atoms with van der Waals surface area (Å²) in [5.74, 6) is -11.4. The molecule has 1 heterocycles. The summed E-state index contributed by atoms with van der Waals surface area (Å²) < 4.78 is 153. The predicted octanol–water partition coefficient (Wildman–Crippen LogP) is 4.89. The zero-order valence-electron chi connectivity index (χ0n) is 13.7. The van der Waals surface area contributed by atoms with Crippen LogP contribution in [0.1, 0.15) is 5.56 Å². The summed E-state index contributed by atoms with van der Waals surface area (Å²) in [6, 6.07) is 3.63. The molecule has 0 saturated heterocycles. The van der Waals surface area contributed by atoms with Gasteiger partial charge in [0.1, 0.15) is 5.75 Å². The number of alkyl halides is 11. The highest BCUT2D eigenvalue weighted by atomic mass is 19.4. The van der Waals surface area contributed by atoms with E-state index in [0.717, 1.165) is 25.3 Å². The molecule has 0 radical (unpaired) electrons. The summed E-state index contributed by atoms with van der Waals surface area (Å²) in [6.45, 7) is 0. The minimum Gasteiger partial charge on any atom is -0.497 e. The fourth-order valence-corrected chi connectivity index (χ4v) is 2.01. The average Bonchev–Trinajstić information content (AvgIpc) is 2.58. The summed E-state index contributed by atoms with van der Waals surface area (Å²) in [5, 5.41) is 0. The molecular weight excluding hydrogens is 437 g/mol. The minimum absolute atomic E-state index is 0.190. The van der Waals surface area contributed by atoms with Crippen molar-refractivity contribution in [2.24, 2.45) is 9.98 Å². The number of methoxy groups -OCH3 is 1. The predicted molar refractivity (Wildman–Crippen MR) is 73.9 cm³/mol. The fourth-order valence-electron chi connectivity index (χ4n) is 2.01. The third-order valence-corrected chi connectivity index (χ3v) is 3.45. The number of aliphatic imine (C=N–C) groups is 2. The lowest BCUT2D eigenvalue weighted by Gasteiger charge is -2.35. The Balaban J connectivity index is 2.82. The van der Waals surface area contributed by atoms with E-state index < -0.39 is 47.5 Å². The number of hydrogen-bond acceptors (Lipinski definition) is 4. The number of benzene rings is 1. The Kier molecular flexibility index (Phi) is 5.26. The van der Waals surface area contributed by atoms with Crippen LogP contribution in [0.4, 0.5) is 48.3 Å². The Morgan fingerprint density at radius 2 is 1.41 bits per heavy atom. The first-order valence-corrected chi connectivity index (χ1v) is 7.07. The van der Waals surface area contributed by atoms with Gasteiger partial charge in [-0.1, -0.05) is 6.07 Å². The molecule has 0 bridgehead atoms. The second-order valence-electron chi connectivity index (χ2n) is 5.41. The molecule has 1 aromatic carbocycles. The van der Waals surface area contributed by atoms with Crippen LogP contribution in [-0.4, -0.2) is 49.0 Å². The summed E-state index contributed by atoms with van der Waals surface area (Å²) >= 11 is 0. The number of nitrogens with zero attached hydrogens (tertiary/aromatic N) is 2. The maximum absolute atomic E-state index is 13.6. The zero-order chi connectivity index (χ0) is 22.5. The first-order chi connectivity index (χ1) is 13.0. The van der Waals surface area contributed by atoms with Gasteiger partial charge >= 0.3 is 30.1 Å². The van der Waals surface area contributed by atoms with Gasteiger partial charge in [-0.25, -0.2) is 9.98 Å². The maximum atomic E-state index is 13.6. The van der Waals surface area contributed by atoms with Crippen LogP contribution in [0.25, 0.3) is 0 Å². The molecule has 0 aliphatic carbocycles. The Morgan fingerprint density at radius 3 is 1.86 bits per heavy atom. The molecule has 0 spiro atoms. The molecule has 0 amide bonds. The third-order valence-electron chi connectivity index (χ3n) is 3.45. The van der Waals surface area contributed by atoms with Crippen LogP contribution in [-0.2, 0) is 4.74 Å². The number of rotatable bonds is 3. The van der Waals surface area contributed by atoms with Gasteiger partial charge in [0.15, 0.2) is 0 Å². The van der Waals surface area contributed by atoms with Gasteiger partial charge in [0.05, 0.1) is 7.11 Å². The molecule has 1 aromatic rings. The van der Waals surface area contributed by atoms with Crippen molar-refractivity contribution >= 4 is 11.8 Å². The van der Waals surface area contributed by atoms with E-state index in [9.17, 15) is 48.3 Å². The van der Waals surface area contributed by atoms with Gasteiger partial charge in [-0.3, -0.25) is 0 Å². The maximum Gasteiger partial charge on any atom is 0.463 e. The van der Waals surface area contributed by atoms with Gasteiger partial charge in [-0.15, -0.1) is 0 Å². The first kappa shape index (κ1) is 22.7. The van der Waals surface area contributed by atoms with Crippen molar-refractivity contribution in [1.82, 2.24) is 0 Å². The molecule has 0 aromatic heterocycles. The molecule has 0 N–H and O–H groups in total. The Labute approximate surface area is 153 Å². The molecule has 1 aliphatic rings. The van der Waals surface area contributed by atoms with Gasteiger partial charge in [0.25, 0.3) is 5.90 Å². The van der Waals surface area contributed by atoms with Crippen molar-refractivity contribution in [3.05, 3.63) is 29.8 Å². The van der Waals surface area contributed by atoms with Crippen LogP contribution >= 0.6 is 0 Å². The van der Waals surface area contributed by atoms with E-state index in [1.165, 1.54) is 0 Å². The van der Waals surface area contributed by atoms with Crippen molar-refractivity contribution in [3.8, 4) is 5.75 Å². The fraction of sp³-hybridized carbons (Fsp3) is 0.429. The molecule has 15 heteroatoms. The molecule has 162 valence electrons. The van der Waals surface area contributed by atoms with E-state index in [1.54, 1.807) is 4.99 Å². The lowest BCUT2D eigenvalue weighted by Crippen LogP contribution is -2.59. The zero-order valence-corrected chi connectivity index (χ0v) is 13.7. The van der Waals surface area contributed by atoms with Crippen molar-refractivity contribution < 1.29 is 57.8 Å². The SMILES string of the molecule is COc1cccc(C2=NC(C(F)(F)F)(C(F)(F)F)N=C(C(F)(F)C(F)(F)F)O2)c1. The summed E-state index contributed by atoms with van der Waals surface area (Å²) in [7, 11) is 1.04. The van der Waals surface area contributed by atoms with Crippen LogP contribution in [0.5, 0.6) is 5.75 Å². The highest BCUT2D eigenvalue weighted by molar-refractivity contribution is 6.05. The van der Waals surface area contributed by atoms with E-state index in [0.29, 0.717) is 6.07 Å². The van der Waals surface area contributed by atoms with Crippen LogP contribution in [0.15, 0.2) is 34.3 Å². The molecule has 2 rings (SSSR count). The molecule has 29 heavy (non-hydrogen) atoms. The highest BCUT2D eigenvalue weighted by Crippen LogP contribution is 2.50.